The molecule has 1 N–H and O–H groups in total. The Morgan fingerprint density at radius 3 is 2.39 bits per heavy atom. The number of esters is 1. The molecule has 98 valence electrons. The van der Waals surface area contributed by atoms with Crippen LogP contribution in [0, 0.1) is 0 Å². The molecule has 1 aromatic rings. The molecule has 1 saturated heterocycles. The van der Waals surface area contributed by atoms with E-state index in [1.807, 2.05) is 0 Å². The maximum atomic E-state index is 11.3. The highest BCUT2D eigenvalue weighted by atomic mass is 16.5. The molecule has 1 aliphatic rings. The maximum absolute atomic E-state index is 11.3. The van der Waals surface area contributed by atoms with Crippen LogP contribution >= 0.6 is 0 Å². The second kappa shape index (κ2) is 5.30. The molecule has 0 saturated carbocycles. The van der Waals surface area contributed by atoms with Gasteiger partial charge in [0.25, 0.3) is 0 Å². The van der Waals surface area contributed by atoms with Crippen molar-refractivity contribution in [2.45, 2.75) is 25.9 Å². The van der Waals surface area contributed by atoms with Gasteiger partial charge in [-0.1, -0.05) is 0 Å². The second-order valence-electron chi connectivity index (χ2n) is 4.64. The summed E-state index contributed by atoms with van der Waals surface area (Å²) in [7, 11) is 1.34. The van der Waals surface area contributed by atoms with E-state index in [0.29, 0.717) is 23.6 Å². The smallest absolute Gasteiger partial charge is 0.341 e. The molecule has 2 rings (SSSR count). The Balaban J connectivity index is 2.11. The van der Waals surface area contributed by atoms with Crippen molar-refractivity contribution in [3.05, 3.63) is 18.0 Å². The molecule has 0 unspecified atom stereocenters. The van der Waals surface area contributed by atoms with E-state index in [1.54, 1.807) is 0 Å². The molecule has 0 spiro atoms. The van der Waals surface area contributed by atoms with Crippen molar-refractivity contribution in [1.82, 2.24) is 15.3 Å². The van der Waals surface area contributed by atoms with Crippen molar-refractivity contribution in [3.63, 3.8) is 0 Å². The Kier molecular flexibility index (Phi) is 3.76. The molecule has 0 bridgehead atoms. The van der Waals surface area contributed by atoms with E-state index in [0.717, 1.165) is 13.1 Å². The summed E-state index contributed by atoms with van der Waals surface area (Å²) < 4.78 is 4.61. The van der Waals surface area contributed by atoms with Gasteiger partial charge >= 0.3 is 5.97 Å². The summed E-state index contributed by atoms with van der Waals surface area (Å²) in [5.74, 6) is 0.242. The fourth-order valence-corrected chi connectivity index (χ4v) is 2.20. The molecule has 2 atom stereocenters. The van der Waals surface area contributed by atoms with Crippen LogP contribution in [0.4, 0.5) is 5.95 Å². The number of piperazine rings is 1. The van der Waals surface area contributed by atoms with Gasteiger partial charge in [-0.3, -0.25) is 0 Å². The monoisotopic (exact) mass is 250 g/mol. The normalized spacial score (nSPS) is 23.8. The largest absolute Gasteiger partial charge is 0.465 e. The van der Waals surface area contributed by atoms with Gasteiger partial charge in [-0.15, -0.1) is 0 Å². The number of methoxy groups -OCH3 is 1. The third-order valence-corrected chi connectivity index (χ3v) is 2.90. The summed E-state index contributed by atoms with van der Waals surface area (Å²) in [6, 6.07) is 0.801. The van der Waals surface area contributed by atoms with Crippen molar-refractivity contribution < 1.29 is 9.53 Å². The van der Waals surface area contributed by atoms with Crippen LogP contribution in [0.15, 0.2) is 12.4 Å². The molecule has 2 heterocycles. The average Bonchev–Trinajstić information content (AvgIpc) is 2.37. The molecule has 0 radical (unpaired) electrons. The Morgan fingerprint density at radius 2 is 1.89 bits per heavy atom. The Morgan fingerprint density at radius 1 is 1.33 bits per heavy atom. The fraction of sp³-hybridized carbons (Fsp3) is 0.583. The molecular formula is C12H18N4O2. The van der Waals surface area contributed by atoms with Crippen molar-refractivity contribution in [1.29, 1.82) is 0 Å². The van der Waals surface area contributed by atoms with E-state index in [4.69, 9.17) is 0 Å². The van der Waals surface area contributed by atoms with Gasteiger partial charge in [-0.2, -0.15) is 0 Å². The van der Waals surface area contributed by atoms with Crippen LogP contribution in [-0.2, 0) is 4.74 Å². The topological polar surface area (TPSA) is 67.3 Å². The maximum Gasteiger partial charge on any atom is 0.341 e. The minimum absolute atomic E-state index is 0.373. The van der Waals surface area contributed by atoms with E-state index in [-0.39, 0.29) is 0 Å². The highest BCUT2D eigenvalue weighted by Gasteiger charge is 2.22. The zero-order valence-corrected chi connectivity index (χ0v) is 10.9. The number of carbonyl (C=O) groups is 1. The molecule has 1 aromatic heterocycles. The number of ether oxygens (including phenoxy) is 1. The minimum Gasteiger partial charge on any atom is -0.465 e. The number of hydrogen-bond acceptors (Lipinski definition) is 6. The number of carbonyl (C=O) groups excluding carboxylic acids is 1. The Bertz CT molecular complexity index is 411. The van der Waals surface area contributed by atoms with E-state index in [2.05, 4.69) is 38.8 Å². The summed E-state index contributed by atoms with van der Waals surface area (Å²) in [5.41, 5.74) is 0.373. The van der Waals surface area contributed by atoms with E-state index < -0.39 is 5.97 Å². The molecule has 1 aliphatic heterocycles. The van der Waals surface area contributed by atoms with Crippen molar-refractivity contribution in [3.8, 4) is 0 Å². The lowest BCUT2D eigenvalue weighted by Crippen LogP contribution is -2.54. The fourth-order valence-electron chi connectivity index (χ4n) is 2.20. The van der Waals surface area contributed by atoms with Gasteiger partial charge < -0.3 is 15.0 Å². The first-order valence-electron chi connectivity index (χ1n) is 6.01. The van der Waals surface area contributed by atoms with Gasteiger partial charge in [0.15, 0.2) is 0 Å². The molecule has 6 nitrogen and oxygen atoms in total. The van der Waals surface area contributed by atoms with E-state index in [9.17, 15) is 4.79 Å². The van der Waals surface area contributed by atoms with Crippen LogP contribution in [0.5, 0.6) is 0 Å². The first-order valence-corrected chi connectivity index (χ1v) is 6.01. The van der Waals surface area contributed by atoms with Crippen LogP contribution in [0.3, 0.4) is 0 Å². The quantitative estimate of drug-likeness (QED) is 0.769. The summed E-state index contributed by atoms with van der Waals surface area (Å²) in [6.45, 7) is 5.99. The third kappa shape index (κ3) is 2.76. The van der Waals surface area contributed by atoms with Gasteiger partial charge in [0.05, 0.1) is 12.7 Å². The van der Waals surface area contributed by atoms with Gasteiger partial charge in [-0.25, -0.2) is 14.8 Å². The summed E-state index contributed by atoms with van der Waals surface area (Å²) in [4.78, 5) is 21.9. The lowest BCUT2D eigenvalue weighted by molar-refractivity contribution is 0.0600. The highest BCUT2D eigenvalue weighted by molar-refractivity contribution is 5.88. The molecule has 18 heavy (non-hydrogen) atoms. The molecule has 6 heteroatoms. The number of nitrogens with one attached hydrogen (secondary N) is 1. The zero-order valence-electron chi connectivity index (χ0n) is 10.9. The molecule has 0 amide bonds. The van der Waals surface area contributed by atoms with Crippen LogP contribution in [0.25, 0.3) is 0 Å². The van der Waals surface area contributed by atoms with Crippen molar-refractivity contribution in [2.24, 2.45) is 0 Å². The van der Waals surface area contributed by atoms with Crippen molar-refractivity contribution >= 4 is 11.9 Å². The molecule has 0 aliphatic carbocycles. The predicted octanol–water partition coefficient (Wildman–Crippen LogP) is 0.450. The molecule has 0 aromatic carbocycles. The summed E-state index contributed by atoms with van der Waals surface area (Å²) in [6.07, 6.45) is 3.01. The number of anilines is 1. The van der Waals surface area contributed by atoms with Gasteiger partial charge in [0, 0.05) is 37.6 Å². The summed E-state index contributed by atoms with van der Waals surface area (Å²) in [5, 5.41) is 3.45. The van der Waals surface area contributed by atoms with E-state index >= 15 is 0 Å². The number of nitrogens with zero attached hydrogens (tertiary/aromatic N) is 3. The second-order valence-corrected chi connectivity index (χ2v) is 4.64. The van der Waals surface area contributed by atoms with Crippen LogP contribution in [0.1, 0.15) is 24.2 Å². The van der Waals surface area contributed by atoms with Crippen LogP contribution in [-0.4, -0.2) is 48.2 Å². The Labute approximate surface area is 106 Å². The first-order chi connectivity index (χ1) is 8.60. The lowest BCUT2D eigenvalue weighted by atomic mass is 10.1. The van der Waals surface area contributed by atoms with Crippen molar-refractivity contribution in [2.75, 3.05) is 25.1 Å². The highest BCUT2D eigenvalue weighted by Crippen LogP contribution is 2.12. The third-order valence-electron chi connectivity index (χ3n) is 2.90. The van der Waals surface area contributed by atoms with Crippen LogP contribution in [0.2, 0.25) is 0 Å². The Hall–Kier alpha value is -1.69. The van der Waals surface area contributed by atoms with Gasteiger partial charge in [-0.05, 0) is 13.8 Å². The number of rotatable bonds is 2. The van der Waals surface area contributed by atoms with E-state index in [1.165, 1.54) is 19.5 Å². The standard InChI is InChI=1S/C12H18N4O2/c1-8-6-16(7-9(2)15-8)12-13-4-10(5-14-12)11(17)18-3/h4-5,8-9,15H,6-7H2,1-3H3/t8-,9+. The zero-order chi connectivity index (χ0) is 13.1. The average molecular weight is 250 g/mol. The SMILES string of the molecule is COC(=O)c1cnc(N2C[C@@H](C)N[C@@H](C)C2)nc1. The molecular weight excluding hydrogens is 232 g/mol. The minimum atomic E-state index is -0.413. The lowest BCUT2D eigenvalue weighted by Gasteiger charge is -2.36. The molecule has 1 fully saturated rings. The van der Waals surface area contributed by atoms with Gasteiger partial charge in [0.1, 0.15) is 0 Å². The summed E-state index contributed by atoms with van der Waals surface area (Å²) >= 11 is 0. The predicted molar refractivity (Wildman–Crippen MR) is 67.6 cm³/mol. The van der Waals surface area contributed by atoms with Gasteiger partial charge in [0.2, 0.25) is 5.95 Å². The van der Waals surface area contributed by atoms with Crippen LogP contribution < -0.4 is 10.2 Å². The first kappa shape index (κ1) is 12.8. The number of hydrogen-bond donors (Lipinski definition) is 1. The number of aromatic nitrogens is 2.